The third-order valence-corrected chi connectivity index (χ3v) is 4.93. The molecule has 2 aromatic heterocycles. The third-order valence-electron chi connectivity index (χ3n) is 4.93. The lowest BCUT2D eigenvalue weighted by molar-refractivity contribution is 0.102. The summed E-state index contributed by atoms with van der Waals surface area (Å²) >= 11 is 0. The Morgan fingerprint density at radius 1 is 1.09 bits per heavy atom. The number of hydrogen-bond donors (Lipinski definition) is 2. The summed E-state index contributed by atoms with van der Waals surface area (Å²) in [7, 11) is 6.81. The van der Waals surface area contributed by atoms with E-state index in [2.05, 4.69) is 46.4 Å². The van der Waals surface area contributed by atoms with E-state index in [-0.39, 0.29) is 34.6 Å². The number of ether oxygens (including phenoxy) is 3. The summed E-state index contributed by atoms with van der Waals surface area (Å²) in [6.45, 7) is 7.73. The van der Waals surface area contributed by atoms with Gasteiger partial charge in [-0.25, -0.2) is 0 Å². The molecule has 3 rings (SSSR count). The average molecular weight is 485 g/mol. The summed E-state index contributed by atoms with van der Waals surface area (Å²) in [6, 6.07) is 7.61. The molecule has 0 radical (unpaired) electrons. The van der Waals surface area contributed by atoms with Crippen LogP contribution in [0.5, 0.6) is 23.6 Å². The van der Waals surface area contributed by atoms with Crippen molar-refractivity contribution in [3.8, 4) is 23.6 Å². The number of likely N-dealkylation sites (N-methyl/N-ethyl adjacent to an activating group) is 1. The van der Waals surface area contributed by atoms with Crippen LogP contribution in [0.25, 0.3) is 0 Å². The van der Waals surface area contributed by atoms with Gasteiger partial charge in [0.25, 0.3) is 5.91 Å². The molecule has 0 aliphatic rings. The van der Waals surface area contributed by atoms with Crippen LogP contribution in [0.2, 0.25) is 0 Å². The zero-order chi connectivity index (χ0) is 25.6. The Bertz CT molecular complexity index is 1130. The molecule has 11 heteroatoms. The van der Waals surface area contributed by atoms with Crippen LogP contribution in [-0.2, 0) is 5.41 Å². The molecule has 0 unspecified atom stereocenters. The summed E-state index contributed by atoms with van der Waals surface area (Å²) in [5, 5.41) is 5.77. The fraction of sp³-hybridized carbons (Fsp3) is 0.417. The normalized spacial score (nSPS) is 11.3. The molecule has 0 bridgehead atoms. The molecule has 1 amide bonds. The van der Waals surface area contributed by atoms with Crippen LogP contribution in [0.1, 0.15) is 36.8 Å². The van der Waals surface area contributed by atoms with Crippen LogP contribution < -0.4 is 24.8 Å². The first-order valence-electron chi connectivity index (χ1n) is 11.0. The predicted molar refractivity (Wildman–Crippen MR) is 132 cm³/mol. The number of hydrogen-bond acceptors (Lipinski definition) is 10. The molecule has 0 aliphatic heterocycles. The second kappa shape index (κ2) is 11.0. The van der Waals surface area contributed by atoms with Gasteiger partial charge in [-0.05, 0) is 37.2 Å². The molecule has 3 aromatic rings. The molecule has 188 valence electrons. The number of carbonyl (C=O) groups excluding carboxylic acids is 1. The lowest BCUT2D eigenvalue weighted by Crippen LogP contribution is -2.22. The summed E-state index contributed by atoms with van der Waals surface area (Å²) in [4.78, 5) is 27.6. The fourth-order valence-electron chi connectivity index (χ4n) is 3.01. The minimum atomic E-state index is -0.569. The lowest BCUT2D eigenvalue weighted by Gasteiger charge is -2.19. The van der Waals surface area contributed by atoms with E-state index in [1.165, 1.54) is 20.5 Å². The van der Waals surface area contributed by atoms with Gasteiger partial charge < -0.3 is 34.2 Å². The molecule has 11 nitrogen and oxygen atoms in total. The van der Waals surface area contributed by atoms with E-state index in [0.29, 0.717) is 18.2 Å². The standard InChI is InChI=1S/C24H32N6O5/c1-24(2,3)15-9-8-10-16(13-15)35-23-26-17(14-34-23)19(31)27-18-20(32-6)28-22(29-21(18)33-7)25-11-12-30(4)5/h8-10,13-14H,11-12H2,1-7H3,(H,27,31)(H,25,28,29). The van der Waals surface area contributed by atoms with Gasteiger partial charge in [0.1, 0.15) is 12.0 Å². The van der Waals surface area contributed by atoms with Gasteiger partial charge in [0, 0.05) is 13.1 Å². The van der Waals surface area contributed by atoms with Gasteiger partial charge in [-0.1, -0.05) is 32.9 Å². The van der Waals surface area contributed by atoms with Gasteiger partial charge in [0.05, 0.1) is 14.2 Å². The highest BCUT2D eigenvalue weighted by Crippen LogP contribution is 2.33. The Morgan fingerprint density at radius 3 is 2.37 bits per heavy atom. The number of benzene rings is 1. The Hall–Kier alpha value is -3.86. The van der Waals surface area contributed by atoms with Gasteiger partial charge in [0.2, 0.25) is 17.7 Å². The van der Waals surface area contributed by atoms with E-state index >= 15 is 0 Å². The van der Waals surface area contributed by atoms with Gasteiger partial charge in [-0.3, -0.25) is 4.79 Å². The van der Waals surface area contributed by atoms with Crippen molar-refractivity contribution in [3.63, 3.8) is 0 Å². The highest BCUT2D eigenvalue weighted by Gasteiger charge is 2.22. The maximum atomic E-state index is 12.9. The number of rotatable bonds is 10. The number of carbonyl (C=O) groups is 1. The molecule has 35 heavy (non-hydrogen) atoms. The van der Waals surface area contributed by atoms with Gasteiger partial charge in [-0.2, -0.15) is 15.0 Å². The van der Waals surface area contributed by atoms with E-state index < -0.39 is 5.91 Å². The zero-order valence-corrected chi connectivity index (χ0v) is 21.1. The van der Waals surface area contributed by atoms with Gasteiger partial charge >= 0.3 is 6.08 Å². The van der Waals surface area contributed by atoms with Gasteiger partial charge in [-0.15, -0.1) is 0 Å². The molecule has 2 N–H and O–H groups in total. The molecule has 0 aliphatic carbocycles. The van der Waals surface area contributed by atoms with Crippen LogP contribution >= 0.6 is 0 Å². The second-order valence-corrected chi connectivity index (χ2v) is 9.00. The first-order valence-corrected chi connectivity index (χ1v) is 11.0. The van der Waals surface area contributed by atoms with E-state index in [1.54, 1.807) is 6.07 Å². The molecule has 0 spiro atoms. The number of nitrogens with one attached hydrogen (secondary N) is 2. The van der Waals surface area contributed by atoms with Crippen molar-refractivity contribution in [3.05, 3.63) is 41.8 Å². The Morgan fingerprint density at radius 2 is 1.77 bits per heavy atom. The lowest BCUT2D eigenvalue weighted by atomic mass is 9.87. The molecule has 0 saturated heterocycles. The number of methoxy groups -OCH3 is 2. The fourth-order valence-corrected chi connectivity index (χ4v) is 3.01. The molecule has 0 fully saturated rings. The molecular formula is C24H32N6O5. The quantitative estimate of drug-likeness (QED) is 0.439. The molecular weight excluding hydrogens is 452 g/mol. The number of amides is 1. The van der Waals surface area contributed by atoms with Gasteiger partial charge in [0.15, 0.2) is 11.4 Å². The SMILES string of the molecule is COc1nc(NCCN(C)C)nc(OC)c1NC(=O)c1coc(Oc2cccc(C(C)(C)C)c2)n1. The van der Waals surface area contributed by atoms with Crippen LogP contribution in [0, 0.1) is 0 Å². The largest absolute Gasteiger partial charge is 0.479 e. The third kappa shape index (κ3) is 6.82. The van der Waals surface area contributed by atoms with E-state index in [0.717, 1.165) is 12.1 Å². The van der Waals surface area contributed by atoms with E-state index in [4.69, 9.17) is 18.6 Å². The first kappa shape index (κ1) is 25.8. The zero-order valence-electron chi connectivity index (χ0n) is 21.1. The highest BCUT2D eigenvalue weighted by molar-refractivity contribution is 6.04. The van der Waals surface area contributed by atoms with Crippen molar-refractivity contribution >= 4 is 17.5 Å². The number of nitrogens with zero attached hydrogens (tertiary/aromatic N) is 4. The van der Waals surface area contributed by atoms with Crippen LogP contribution in [0.4, 0.5) is 11.6 Å². The minimum Gasteiger partial charge on any atom is -0.479 e. The van der Waals surface area contributed by atoms with Crippen molar-refractivity contribution in [1.82, 2.24) is 19.9 Å². The Kier molecular flexibility index (Phi) is 8.13. The van der Waals surface area contributed by atoms with Crippen molar-refractivity contribution in [1.29, 1.82) is 0 Å². The first-order chi connectivity index (χ1) is 16.6. The average Bonchev–Trinajstić information content (AvgIpc) is 3.27. The van der Waals surface area contributed by atoms with Crippen molar-refractivity contribution in [2.75, 3.05) is 52.0 Å². The monoisotopic (exact) mass is 484 g/mol. The summed E-state index contributed by atoms with van der Waals surface area (Å²) in [5.74, 6) is 0.571. The van der Waals surface area contributed by atoms with Crippen molar-refractivity contribution in [2.45, 2.75) is 26.2 Å². The summed E-state index contributed by atoms with van der Waals surface area (Å²) < 4.78 is 21.8. The Labute approximate surface area is 204 Å². The second-order valence-electron chi connectivity index (χ2n) is 9.00. The minimum absolute atomic E-state index is 0.00395. The van der Waals surface area contributed by atoms with Crippen LogP contribution in [0.3, 0.4) is 0 Å². The number of oxazole rings is 1. The molecule has 0 saturated carbocycles. The van der Waals surface area contributed by atoms with Crippen molar-refractivity contribution < 1.29 is 23.4 Å². The maximum absolute atomic E-state index is 12.9. The topological polar surface area (TPSA) is 124 Å². The Balaban J connectivity index is 1.74. The molecule has 1 aromatic carbocycles. The smallest absolute Gasteiger partial charge is 0.399 e. The summed E-state index contributed by atoms with van der Waals surface area (Å²) in [6.07, 6.45) is 1.15. The van der Waals surface area contributed by atoms with E-state index in [1.807, 2.05) is 37.2 Å². The van der Waals surface area contributed by atoms with E-state index in [9.17, 15) is 4.79 Å². The summed E-state index contributed by atoms with van der Waals surface area (Å²) in [5.41, 5.74) is 1.22. The van der Waals surface area contributed by atoms with Crippen LogP contribution in [0.15, 0.2) is 34.9 Å². The predicted octanol–water partition coefficient (Wildman–Crippen LogP) is 3.80. The van der Waals surface area contributed by atoms with Crippen LogP contribution in [-0.4, -0.2) is 67.2 Å². The van der Waals surface area contributed by atoms with Crippen molar-refractivity contribution in [2.24, 2.45) is 0 Å². The number of aromatic nitrogens is 3. The number of anilines is 2. The maximum Gasteiger partial charge on any atom is 0.399 e. The molecule has 2 heterocycles. The highest BCUT2D eigenvalue weighted by atomic mass is 16.6. The molecule has 0 atom stereocenters.